The Kier molecular flexibility index (Phi) is 7.89. The lowest BCUT2D eigenvalue weighted by Crippen LogP contribution is -2.51. The van der Waals surface area contributed by atoms with Crippen LogP contribution in [-0.4, -0.2) is 58.6 Å². The fraction of sp³-hybridized carbons (Fsp3) is 0.258. The minimum absolute atomic E-state index is 0.0674. The van der Waals surface area contributed by atoms with E-state index >= 15 is 0 Å². The molecule has 4 atom stereocenters. The molecule has 3 aromatic carbocycles. The number of H-pyrrole nitrogens is 1. The van der Waals surface area contributed by atoms with Gasteiger partial charge in [-0.15, -0.1) is 0 Å². The van der Waals surface area contributed by atoms with Gasteiger partial charge in [0.05, 0.1) is 31.3 Å². The number of carbonyl (C=O) groups is 1. The Morgan fingerprint density at radius 2 is 1.46 bits per heavy atom. The standard InChI is InChI=1S/C31H30N2O8/c1-39-23-12-8-21(9-13-23)31(20-6-4-3-5-7-20,22-10-14-24(40-2)15-11-22)28(36)27-25(35)16-26(41-27)33-17-19(18-34)29(37)32-30(33)38/h3-15,17-18,25-28,35-36H,16H2,1-2H3,(H,32,37,38)/t25-,26+,27-,28?/m0/s1. The number of aliphatic hydroxyl groups excluding tert-OH is 2. The number of carbonyl (C=O) groups excluding carboxylic acids is 1. The van der Waals surface area contributed by atoms with E-state index in [1.165, 1.54) is 0 Å². The normalized spacial score (nSPS) is 19.5. The largest absolute Gasteiger partial charge is 0.497 e. The van der Waals surface area contributed by atoms with Gasteiger partial charge >= 0.3 is 5.69 Å². The van der Waals surface area contributed by atoms with E-state index in [0.29, 0.717) is 28.9 Å². The van der Waals surface area contributed by atoms with Gasteiger partial charge in [-0.3, -0.25) is 19.1 Å². The molecule has 41 heavy (non-hydrogen) atoms. The number of aliphatic hydroxyl groups is 2. The molecule has 1 fully saturated rings. The summed E-state index contributed by atoms with van der Waals surface area (Å²) in [4.78, 5) is 38.0. The molecule has 2 heterocycles. The van der Waals surface area contributed by atoms with Gasteiger partial charge in [-0.25, -0.2) is 4.79 Å². The molecule has 212 valence electrons. The Hall–Kier alpha value is -4.51. The minimum atomic E-state index is -1.38. The number of methoxy groups -OCH3 is 2. The van der Waals surface area contributed by atoms with Gasteiger partial charge in [0.1, 0.15) is 29.9 Å². The van der Waals surface area contributed by atoms with E-state index in [2.05, 4.69) is 4.98 Å². The fourth-order valence-corrected chi connectivity index (χ4v) is 5.60. The molecule has 5 rings (SSSR count). The Morgan fingerprint density at radius 3 is 1.98 bits per heavy atom. The van der Waals surface area contributed by atoms with Crippen molar-refractivity contribution in [3.05, 3.63) is 128 Å². The molecule has 0 amide bonds. The summed E-state index contributed by atoms with van der Waals surface area (Å²) >= 11 is 0. The van der Waals surface area contributed by atoms with E-state index < -0.39 is 41.2 Å². The van der Waals surface area contributed by atoms with E-state index in [1.54, 1.807) is 38.5 Å². The molecule has 0 saturated carbocycles. The van der Waals surface area contributed by atoms with Crippen molar-refractivity contribution in [2.24, 2.45) is 0 Å². The zero-order valence-corrected chi connectivity index (χ0v) is 22.5. The quantitative estimate of drug-likeness (QED) is 0.210. The highest BCUT2D eigenvalue weighted by molar-refractivity contribution is 5.73. The number of aromatic nitrogens is 2. The van der Waals surface area contributed by atoms with E-state index in [1.807, 2.05) is 54.6 Å². The van der Waals surface area contributed by atoms with Gasteiger partial charge in [0.25, 0.3) is 5.56 Å². The van der Waals surface area contributed by atoms with Gasteiger partial charge in [-0.05, 0) is 41.0 Å². The fourth-order valence-electron chi connectivity index (χ4n) is 5.60. The summed E-state index contributed by atoms with van der Waals surface area (Å²) in [6, 6.07) is 23.9. The van der Waals surface area contributed by atoms with Crippen LogP contribution in [-0.2, 0) is 10.2 Å². The first-order chi connectivity index (χ1) is 19.8. The van der Waals surface area contributed by atoms with Crippen molar-refractivity contribution >= 4 is 6.29 Å². The van der Waals surface area contributed by atoms with Crippen molar-refractivity contribution in [2.75, 3.05) is 14.2 Å². The smallest absolute Gasteiger partial charge is 0.330 e. The third kappa shape index (κ3) is 4.97. The van der Waals surface area contributed by atoms with Crippen molar-refractivity contribution < 1.29 is 29.2 Å². The molecule has 0 radical (unpaired) electrons. The van der Waals surface area contributed by atoms with Gasteiger partial charge in [-0.1, -0.05) is 54.6 Å². The maximum atomic E-state index is 12.6. The molecule has 1 unspecified atom stereocenters. The molecule has 1 aromatic heterocycles. The highest BCUT2D eigenvalue weighted by atomic mass is 16.5. The van der Waals surface area contributed by atoms with E-state index in [0.717, 1.165) is 16.3 Å². The molecule has 0 spiro atoms. The van der Waals surface area contributed by atoms with Crippen LogP contribution in [0.5, 0.6) is 11.5 Å². The average molecular weight is 559 g/mol. The number of benzene rings is 3. The molecule has 1 aliphatic rings. The molecule has 4 aromatic rings. The van der Waals surface area contributed by atoms with Crippen LogP contribution in [0.15, 0.2) is 94.6 Å². The van der Waals surface area contributed by atoms with Crippen LogP contribution in [0.1, 0.15) is 39.7 Å². The Labute approximate surface area is 235 Å². The third-order valence-corrected chi connectivity index (χ3v) is 7.64. The lowest BCUT2D eigenvalue weighted by atomic mass is 9.64. The summed E-state index contributed by atoms with van der Waals surface area (Å²) < 4.78 is 18.0. The predicted octanol–water partition coefficient (Wildman–Crippen LogP) is 2.41. The summed E-state index contributed by atoms with van der Waals surface area (Å²) in [6.07, 6.45) is -3.44. The Bertz CT molecular complexity index is 1570. The van der Waals surface area contributed by atoms with E-state index in [4.69, 9.17) is 14.2 Å². The summed E-state index contributed by atoms with van der Waals surface area (Å²) in [5.74, 6) is 1.25. The monoisotopic (exact) mass is 558 g/mol. The second-order valence-corrected chi connectivity index (χ2v) is 9.80. The first-order valence-corrected chi connectivity index (χ1v) is 13.0. The maximum absolute atomic E-state index is 12.6. The van der Waals surface area contributed by atoms with E-state index in [9.17, 15) is 24.6 Å². The molecular weight excluding hydrogens is 528 g/mol. The second kappa shape index (κ2) is 11.5. The Morgan fingerprint density at radius 1 is 0.927 bits per heavy atom. The van der Waals surface area contributed by atoms with Crippen LogP contribution >= 0.6 is 0 Å². The number of nitrogens with zero attached hydrogens (tertiary/aromatic N) is 1. The van der Waals surface area contributed by atoms with Gasteiger partial charge in [-0.2, -0.15) is 0 Å². The molecule has 1 aliphatic heterocycles. The van der Waals surface area contributed by atoms with Crippen LogP contribution in [0.3, 0.4) is 0 Å². The van der Waals surface area contributed by atoms with Crippen LogP contribution in [0.25, 0.3) is 0 Å². The maximum Gasteiger partial charge on any atom is 0.330 e. The number of aromatic amines is 1. The number of ether oxygens (including phenoxy) is 3. The minimum Gasteiger partial charge on any atom is -0.497 e. The molecule has 10 heteroatoms. The van der Waals surface area contributed by atoms with Crippen LogP contribution < -0.4 is 20.7 Å². The summed E-state index contributed by atoms with van der Waals surface area (Å²) in [5, 5.41) is 23.6. The predicted molar refractivity (Wildman–Crippen MR) is 150 cm³/mol. The van der Waals surface area contributed by atoms with Crippen molar-refractivity contribution in [2.45, 2.75) is 36.4 Å². The third-order valence-electron chi connectivity index (χ3n) is 7.64. The van der Waals surface area contributed by atoms with Gasteiger partial charge in [0, 0.05) is 12.6 Å². The van der Waals surface area contributed by atoms with Crippen molar-refractivity contribution in [1.82, 2.24) is 9.55 Å². The first kappa shape index (κ1) is 28.0. The topological polar surface area (TPSA) is 140 Å². The number of hydrogen-bond donors (Lipinski definition) is 3. The molecule has 10 nitrogen and oxygen atoms in total. The van der Waals surface area contributed by atoms with Crippen LogP contribution in [0.4, 0.5) is 0 Å². The molecular formula is C31H30N2O8. The van der Waals surface area contributed by atoms with Gasteiger partial charge < -0.3 is 24.4 Å². The molecule has 0 bridgehead atoms. The highest BCUT2D eigenvalue weighted by Crippen LogP contribution is 2.47. The number of nitrogens with one attached hydrogen (secondary N) is 1. The van der Waals surface area contributed by atoms with E-state index in [-0.39, 0.29) is 12.0 Å². The first-order valence-electron chi connectivity index (χ1n) is 13.0. The van der Waals surface area contributed by atoms with Gasteiger partial charge in [0.2, 0.25) is 0 Å². The van der Waals surface area contributed by atoms with Crippen molar-refractivity contribution in [1.29, 1.82) is 0 Å². The highest BCUT2D eigenvalue weighted by Gasteiger charge is 2.52. The number of rotatable bonds is 9. The van der Waals surface area contributed by atoms with Gasteiger partial charge in [0.15, 0.2) is 6.29 Å². The zero-order chi connectivity index (χ0) is 29.1. The van der Waals surface area contributed by atoms with Crippen LogP contribution in [0.2, 0.25) is 0 Å². The zero-order valence-electron chi connectivity index (χ0n) is 22.5. The lowest BCUT2D eigenvalue weighted by molar-refractivity contribution is -0.0976. The summed E-state index contributed by atoms with van der Waals surface area (Å²) in [5.41, 5.74) is -1.01. The molecule has 1 saturated heterocycles. The second-order valence-electron chi connectivity index (χ2n) is 9.80. The van der Waals surface area contributed by atoms with Crippen LogP contribution in [0, 0.1) is 0 Å². The molecule has 0 aliphatic carbocycles. The SMILES string of the molecule is COc1ccc(C(c2ccccc2)(c2ccc(OC)cc2)C(O)[C@H]2O[C@@H](n3cc(C=O)c(=O)[nH]c3=O)C[C@@H]2O)cc1. The van der Waals surface area contributed by atoms with Crippen molar-refractivity contribution in [3.63, 3.8) is 0 Å². The number of aldehydes is 1. The summed E-state index contributed by atoms with van der Waals surface area (Å²) in [7, 11) is 3.13. The molecule has 3 N–H and O–H groups in total. The average Bonchev–Trinajstić information content (AvgIpc) is 3.39. The Balaban J connectivity index is 1.68. The number of hydrogen-bond acceptors (Lipinski definition) is 8. The summed E-state index contributed by atoms with van der Waals surface area (Å²) in [6.45, 7) is 0. The lowest BCUT2D eigenvalue weighted by Gasteiger charge is -2.43. The van der Waals surface area contributed by atoms with Crippen molar-refractivity contribution in [3.8, 4) is 11.5 Å².